The molecular formula is C15H17BrO3S. The van der Waals surface area contributed by atoms with Gasteiger partial charge in [0.15, 0.2) is 0 Å². The zero-order valence-corrected chi connectivity index (χ0v) is 14.3. The van der Waals surface area contributed by atoms with Crippen LogP contribution < -0.4 is 14.2 Å². The number of rotatable bonds is 5. The minimum atomic E-state index is 0.0262. The highest BCUT2D eigenvalue weighted by atomic mass is 79.9. The second kappa shape index (κ2) is 6.50. The summed E-state index contributed by atoms with van der Waals surface area (Å²) in [7, 11) is 4.93. The van der Waals surface area contributed by atoms with Gasteiger partial charge in [-0.3, -0.25) is 0 Å². The highest BCUT2D eigenvalue weighted by molar-refractivity contribution is 9.09. The summed E-state index contributed by atoms with van der Waals surface area (Å²) in [6, 6.07) is 5.85. The summed E-state index contributed by atoms with van der Waals surface area (Å²) in [5.74, 6) is 2.21. The van der Waals surface area contributed by atoms with Crippen LogP contribution in [0.25, 0.3) is 0 Å². The topological polar surface area (TPSA) is 27.7 Å². The van der Waals surface area contributed by atoms with Gasteiger partial charge in [0.05, 0.1) is 31.7 Å². The van der Waals surface area contributed by atoms with Gasteiger partial charge < -0.3 is 14.2 Å². The second-order valence-electron chi connectivity index (χ2n) is 4.28. The van der Waals surface area contributed by atoms with Gasteiger partial charge in [-0.05, 0) is 23.9 Å². The predicted octanol–water partition coefficient (Wildman–Crippen LogP) is 4.57. The number of halogens is 1. The van der Waals surface area contributed by atoms with Crippen LogP contribution in [0.15, 0.2) is 23.6 Å². The van der Waals surface area contributed by atoms with E-state index in [-0.39, 0.29) is 4.83 Å². The summed E-state index contributed by atoms with van der Waals surface area (Å²) in [4.78, 5) is 1.27. The van der Waals surface area contributed by atoms with Gasteiger partial charge in [-0.25, -0.2) is 0 Å². The number of ether oxygens (including phenoxy) is 3. The zero-order chi connectivity index (χ0) is 14.7. The van der Waals surface area contributed by atoms with E-state index in [2.05, 4.69) is 34.3 Å². The van der Waals surface area contributed by atoms with Crippen molar-refractivity contribution in [2.24, 2.45) is 0 Å². The number of benzene rings is 1. The van der Waals surface area contributed by atoms with Crippen LogP contribution in [0.1, 0.15) is 20.8 Å². The Labute approximate surface area is 131 Å². The normalized spacial score (nSPS) is 12.1. The van der Waals surface area contributed by atoms with E-state index < -0.39 is 0 Å². The monoisotopic (exact) mass is 356 g/mol. The Bertz CT molecular complexity index is 570. The molecule has 0 saturated heterocycles. The summed E-state index contributed by atoms with van der Waals surface area (Å²) < 4.78 is 16.3. The first-order chi connectivity index (χ1) is 9.62. The number of hydrogen-bond acceptors (Lipinski definition) is 4. The molecule has 20 heavy (non-hydrogen) atoms. The Kier molecular flexibility index (Phi) is 4.94. The SMILES string of the molecule is COc1cc(OC)c(C(Br)c2sccc2C)c(OC)c1. The highest BCUT2D eigenvalue weighted by Crippen LogP contribution is 2.46. The number of aryl methyl sites for hydroxylation is 1. The molecule has 1 aromatic carbocycles. The molecule has 1 atom stereocenters. The maximum Gasteiger partial charge on any atom is 0.130 e. The molecule has 0 bridgehead atoms. The molecule has 1 unspecified atom stereocenters. The molecule has 2 rings (SSSR count). The van der Waals surface area contributed by atoms with Crippen molar-refractivity contribution in [2.75, 3.05) is 21.3 Å². The Hall–Kier alpha value is -1.20. The van der Waals surface area contributed by atoms with Gasteiger partial charge in [0, 0.05) is 17.0 Å². The number of alkyl halides is 1. The predicted molar refractivity (Wildman–Crippen MR) is 85.9 cm³/mol. The van der Waals surface area contributed by atoms with Crippen molar-refractivity contribution < 1.29 is 14.2 Å². The quantitative estimate of drug-likeness (QED) is 0.734. The summed E-state index contributed by atoms with van der Waals surface area (Å²) in [6.07, 6.45) is 0. The number of thiophene rings is 1. The first-order valence-corrected chi connectivity index (χ1v) is 7.89. The highest BCUT2D eigenvalue weighted by Gasteiger charge is 2.23. The zero-order valence-electron chi connectivity index (χ0n) is 11.9. The van der Waals surface area contributed by atoms with Crippen LogP contribution in [0.4, 0.5) is 0 Å². The third-order valence-electron chi connectivity index (χ3n) is 3.14. The van der Waals surface area contributed by atoms with E-state index >= 15 is 0 Å². The lowest BCUT2D eigenvalue weighted by Crippen LogP contribution is -2.01. The molecule has 1 heterocycles. The van der Waals surface area contributed by atoms with Gasteiger partial charge in [0.2, 0.25) is 0 Å². The molecule has 0 radical (unpaired) electrons. The third kappa shape index (κ3) is 2.79. The first-order valence-electron chi connectivity index (χ1n) is 6.10. The molecule has 0 amide bonds. The van der Waals surface area contributed by atoms with Crippen LogP contribution in [0.3, 0.4) is 0 Å². The van der Waals surface area contributed by atoms with Crippen LogP contribution >= 0.6 is 27.3 Å². The molecule has 108 valence electrons. The van der Waals surface area contributed by atoms with E-state index in [1.54, 1.807) is 32.7 Å². The standard InChI is InChI=1S/C15H17BrO3S/c1-9-5-6-20-15(9)14(16)13-11(18-3)7-10(17-2)8-12(13)19-4/h5-8,14H,1-4H3. The molecule has 1 aromatic heterocycles. The third-order valence-corrected chi connectivity index (χ3v) is 5.44. The lowest BCUT2D eigenvalue weighted by atomic mass is 10.1. The van der Waals surface area contributed by atoms with Crippen LogP contribution in [0.2, 0.25) is 0 Å². The summed E-state index contributed by atoms with van der Waals surface area (Å²) in [5, 5.41) is 2.08. The molecule has 0 saturated carbocycles. The maximum atomic E-state index is 5.50. The van der Waals surface area contributed by atoms with E-state index in [4.69, 9.17) is 14.2 Å². The number of methoxy groups -OCH3 is 3. The average molecular weight is 357 g/mol. The van der Waals surface area contributed by atoms with Crippen LogP contribution in [0, 0.1) is 6.92 Å². The van der Waals surface area contributed by atoms with Gasteiger partial charge in [0.1, 0.15) is 17.2 Å². The molecule has 0 aliphatic carbocycles. The van der Waals surface area contributed by atoms with Crippen molar-refractivity contribution in [2.45, 2.75) is 11.8 Å². The molecule has 3 nitrogen and oxygen atoms in total. The smallest absolute Gasteiger partial charge is 0.130 e. The fourth-order valence-electron chi connectivity index (χ4n) is 2.06. The van der Waals surface area contributed by atoms with Crippen LogP contribution in [0.5, 0.6) is 17.2 Å². The molecule has 0 N–H and O–H groups in total. The van der Waals surface area contributed by atoms with Crippen molar-refractivity contribution in [3.63, 3.8) is 0 Å². The summed E-state index contributed by atoms with van der Waals surface area (Å²) >= 11 is 5.48. The van der Waals surface area contributed by atoms with Crippen molar-refractivity contribution in [1.29, 1.82) is 0 Å². The summed E-state index contributed by atoms with van der Waals surface area (Å²) in [6.45, 7) is 2.10. The average Bonchev–Trinajstić information content (AvgIpc) is 2.91. The Balaban J connectivity index is 2.57. The van der Waals surface area contributed by atoms with Crippen LogP contribution in [-0.2, 0) is 0 Å². The summed E-state index contributed by atoms with van der Waals surface area (Å²) in [5.41, 5.74) is 2.22. The van der Waals surface area contributed by atoms with Gasteiger partial charge in [0.25, 0.3) is 0 Å². The molecule has 5 heteroatoms. The van der Waals surface area contributed by atoms with E-state index in [1.165, 1.54) is 10.4 Å². The fraction of sp³-hybridized carbons (Fsp3) is 0.333. The fourth-order valence-corrected chi connectivity index (χ4v) is 4.10. The minimum absolute atomic E-state index is 0.0262. The molecule has 0 aliphatic rings. The van der Waals surface area contributed by atoms with Crippen molar-refractivity contribution in [3.05, 3.63) is 39.6 Å². The lowest BCUT2D eigenvalue weighted by molar-refractivity contribution is 0.370. The molecule has 0 spiro atoms. The largest absolute Gasteiger partial charge is 0.496 e. The van der Waals surface area contributed by atoms with Gasteiger partial charge in [-0.2, -0.15) is 0 Å². The van der Waals surface area contributed by atoms with Crippen molar-refractivity contribution in [1.82, 2.24) is 0 Å². The van der Waals surface area contributed by atoms with Crippen molar-refractivity contribution >= 4 is 27.3 Å². The lowest BCUT2D eigenvalue weighted by Gasteiger charge is -2.19. The van der Waals surface area contributed by atoms with Gasteiger partial charge in [-0.15, -0.1) is 11.3 Å². The van der Waals surface area contributed by atoms with Gasteiger partial charge >= 0.3 is 0 Å². The molecule has 0 aliphatic heterocycles. The van der Waals surface area contributed by atoms with E-state index in [0.717, 1.165) is 17.1 Å². The van der Waals surface area contributed by atoms with E-state index in [1.807, 2.05) is 12.1 Å². The Morgan fingerprint density at radius 3 is 2.05 bits per heavy atom. The number of hydrogen-bond donors (Lipinski definition) is 0. The molecule has 0 fully saturated rings. The van der Waals surface area contributed by atoms with E-state index in [0.29, 0.717) is 5.75 Å². The Morgan fingerprint density at radius 2 is 1.65 bits per heavy atom. The van der Waals surface area contributed by atoms with E-state index in [9.17, 15) is 0 Å². The Morgan fingerprint density at radius 1 is 1.05 bits per heavy atom. The minimum Gasteiger partial charge on any atom is -0.496 e. The van der Waals surface area contributed by atoms with Gasteiger partial charge in [-0.1, -0.05) is 15.9 Å². The van der Waals surface area contributed by atoms with Crippen molar-refractivity contribution in [3.8, 4) is 17.2 Å². The maximum absolute atomic E-state index is 5.50. The first kappa shape index (κ1) is 15.2. The molecular weight excluding hydrogens is 340 g/mol. The second-order valence-corrected chi connectivity index (χ2v) is 6.14. The molecule has 2 aromatic rings. The van der Waals surface area contributed by atoms with Crippen LogP contribution in [-0.4, -0.2) is 21.3 Å².